The van der Waals surface area contributed by atoms with Crippen molar-refractivity contribution in [2.45, 2.75) is 97.7 Å². The zero-order valence-corrected chi connectivity index (χ0v) is 18.2. The van der Waals surface area contributed by atoms with Gasteiger partial charge >= 0.3 is 11.9 Å². The van der Waals surface area contributed by atoms with Crippen LogP contribution in [0.1, 0.15) is 86.0 Å². The topological polar surface area (TPSA) is 52.6 Å². The maximum atomic E-state index is 11.8. The Morgan fingerprint density at radius 3 is 2.36 bits per heavy atom. The van der Waals surface area contributed by atoms with Gasteiger partial charge in [0.25, 0.3) is 0 Å². The van der Waals surface area contributed by atoms with Crippen LogP contribution in [-0.2, 0) is 19.1 Å². The molecule has 4 heteroatoms. The van der Waals surface area contributed by atoms with Crippen molar-refractivity contribution in [3.63, 3.8) is 0 Å². The van der Waals surface area contributed by atoms with Crippen molar-refractivity contribution in [1.29, 1.82) is 0 Å². The number of allylic oxidation sites excluding steroid dienone is 1. The van der Waals surface area contributed by atoms with Gasteiger partial charge in [-0.1, -0.05) is 25.5 Å². The molecule has 0 N–H and O–H groups in total. The number of esters is 2. The summed E-state index contributed by atoms with van der Waals surface area (Å²) in [6, 6.07) is 0. The van der Waals surface area contributed by atoms with Crippen molar-refractivity contribution in [3.05, 3.63) is 11.6 Å². The van der Waals surface area contributed by atoms with E-state index in [9.17, 15) is 9.59 Å². The monoisotopic (exact) mass is 388 g/mol. The molecule has 3 saturated carbocycles. The van der Waals surface area contributed by atoms with Crippen LogP contribution in [0.4, 0.5) is 0 Å². The lowest BCUT2D eigenvalue weighted by atomic mass is 9.47. The molecule has 156 valence electrons. The van der Waals surface area contributed by atoms with E-state index >= 15 is 0 Å². The maximum absolute atomic E-state index is 11.8. The van der Waals surface area contributed by atoms with Gasteiger partial charge in [-0.2, -0.15) is 0 Å². The molecule has 0 spiro atoms. The second-order valence-electron chi connectivity index (χ2n) is 10.6. The number of rotatable bonds is 2. The van der Waals surface area contributed by atoms with Crippen LogP contribution in [0.2, 0.25) is 0 Å². The third kappa shape index (κ3) is 2.85. The molecular formula is C24H36O4. The Hall–Kier alpha value is -1.32. The van der Waals surface area contributed by atoms with Gasteiger partial charge in [0.1, 0.15) is 11.7 Å². The Morgan fingerprint density at radius 2 is 1.68 bits per heavy atom. The van der Waals surface area contributed by atoms with E-state index in [1.54, 1.807) is 6.92 Å². The van der Waals surface area contributed by atoms with Crippen molar-refractivity contribution in [2.24, 2.45) is 28.6 Å². The van der Waals surface area contributed by atoms with Crippen LogP contribution in [0, 0.1) is 28.6 Å². The number of carbonyl (C=O) groups excluding carboxylic acids is 2. The van der Waals surface area contributed by atoms with Gasteiger partial charge in [0.05, 0.1) is 0 Å². The van der Waals surface area contributed by atoms with Crippen LogP contribution < -0.4 is 0 Å². The highest BCUT2D eigenvalue weighted by molar-refractivity contribution is 5.67. The first kappa shape index (κ1) is 20.0. The molecule has 0 aromatic carbocycles. The first-order chi connectivity index (χ1) is 13.1. The summed E-state index contributed by atoms with van der Waals surface area (Å²) in [6.45, 7) is 10.1. The smallest absolute Gasteiger partial charge is 0.303 e. The van der Waals surface area contributed by atoms with E-state index in [0.29, 0.717) is 17.8 Å². The van der Waals surface area contributed by atoms with E-state index in [0.717, 1.165) is 44.9 Å². The SMILES string of the molecule is CC(=O)OC1CCC2(C)C(=CCC3C2CCC2(C)C3CCC2(C)OC(C)=O)C1. The number of fused-ring (bicyclic) bond motifs is 5. The van der Waals surface area contributed by atoms with Crippen molar-refractivity contribution in [1.82, 2.24) is 0 Å². The zero-order chi connectivity index (χ0) is 20.3. The van der Waals surface area contributed by atoms with Crippen LogP contribution in [0.3, 0.4) is 0 Å². The summed E-state index contributed by atoms with van der Waals surface area (Å²) >= 11 is 0. The summed E-state index contributed by atoms with van der Waals surface area (Å²) in [7, 11) is 0. The fourth-order valence-electron chi connectivity index (χ4n) is 7.67. The van der Waals surface area contributed by atoms with Crippen molar-refractivity contribution in [3.8, 4) is 0 Å². The largest absolute Gasteiger partial charge is 0.462 e. The Morgan fingerprint density at radius 1 is 0.964 bits per heavy atom. The number of carbonyl (C=O) groups is 2. The summed E-state index contributed by atoms with van der Waals surface area (Å²) in [4.78, 5) is 23.2. The van der Waals surface area contributed by atoms with Gasteiger partial charge in [-0.25, -0.2) is 0 Å². The maximum Gasteiger partial charge on any atom is 0.303 e. The van der Waals surface area contributed by atoms with Crippen molar-refractivity contribution < 1.29 is 19.1 Å². The Labute approximate surface area is 169 Å². The molecule has 0 heterocycles. The second-order valence-corrected chi connectivity index (χ2v) is 10.6. The highest BCUT2D eigenvalue weighted by Gasteiger charge is 2.64. The molecular weight excluding hydrogens is 352 g/mol. The molecule has 7 atom stereocenters. The highest BCUT2D eigenvalue weighted by Crippen LogP contribution is 2.67. The minimum atomic E-state index is -0.327. The lowest BCUT2D eigenvalue weighted by molar-refractivity contribution is -0.177. The molecule has 0 aromatic heterocycles. The summed E-state index contributed by atoms with van der Waals surface area (Å²) in [5.74, 6) is 1.69. The molecule has 0 aliphatic heterocycles. The summed E-state index contributed by atoms with van der Waals surface area (Å²) < 4.78 is 11.5. The molecule has 0 saturated heterocycles. The first-order valence-corrected chi connectivity index (χ1v) is 11.2. The van der Waals surface area contributed by atoms with Gasteiger partial charge in [0, 0.05) is 25.7 Å². The van der Waals surface area contributed by atoms with Gasteiger partial charge in [-0.05, 0) is 75.0 Å². The van der Waals surface area contributed by atoms with E-state index in [2.05, 4.69) is 26.8 Å². The molecule has 0 amide bonds. The quantitative estimate of drug-likeness (QED) is 0.482. The predicted molar refractivity (Wildman–Crippen MR) is 107 cm³/mol. The van der Waals surface area contributed by atoms with E-state index in [1.165, 1.54) is 18.9 Å². The minimum Gasteiger partial charge on any atom is -0.462 e. The molecule has 0 aromatic rings. The summed E-state index contributed by atoms with van der Waals surface area (Å²) in [5.41, 5.74) is 1.51. The average molecular weight is 389 g/mol. The lowest BCUT2D eigenvalue weighted by Gasteiger charge is -2.59. The van der Waals surface area contributed by atoms with Gasteiger partial charge in [0.15, 0.2) is 0 Å². The molecule has 4 rings (SSSR count). The van der Waals surface area contributed by atoms with E-state index in [-0.39, 0.29) is 34.5 Å². The van der Waals surface area contributed by atoms with Crippen LogP contribution in [0.25, 0.3) is 0 Å². The molecule has 7 unspecified atom stereocenters. The molecule has 4 aliphatic carbocycles. The van der Waals surface area contributed by atoms with Gasteiger partial charge < -0.3 is 9.47 Å². The third-order valence-corrected chi connectivity index (χ3v) is 9.29. The van der Waals surface area contributed by atoms with E-state index in [4.69, 9.17) is 9.47 Å². The summed E-state index contributed by atoms with van der Waals surface area (Å²) in [6.07, 6.45) is 11.2. The molecule has 4 nitrogen and oxygen atoms in total. The molecule has 3 fully saturated rings. The van der Waals surface area contributed by atoms with Crippen LogP contribution >= 0.6 is 0 Å². The number of hydrogen-bond donors (Lipinski definition) is 0. The second kappa shape index (κ2) is 6.60. The Kier molecular flexibility index (Phi) is 4.71. The molecule has 0 bridgehead atoms. The van der Waals surface area contributed by atoms with Crippen LogP contribution in [0.15, 0.2) is 11.6 Å². The zero-order valence-electron chi connectivity index (χ0n) is 18.2. The lowest BCUT2D eigenvalue weighted by Crippen LogP contribution is -2.54. The third-order valence-electron chi connectivity index (χ3n) is 9.29. The van der Waals surface area contributed by atoms with Gasteiger partial charge in [0.2, 0.25) is 0 Å². The fraction of sp³-hybridized carbons (Fsp3) is 0.833. The Balaban J connectivity index is 1.59. The standard InChI is InChI=1S/C24H36O4/c1-15(25)27-18-8-11-22(3)17(14-18)6-7-19-20(22)9-12-23(4)21(19)10-13-24(23,5)28-16(2)26/h6,18-21H,7-14H2,1-5H3. The fourth-order valence-corrected chi connectivity index (χ4v) is 7.67. The molecule has 0 radical (unpaired) electrons. The number of ether oxygens (including phenoxy) is 2. The van der Waals surface area contributed by atoms with E-state index < -0.39 is 0 Å². The Bertz CT molecular complexity index is 711. The van der Waals surface area contributed by atoms with Crippen LogP contribution in [-0.4, -0.2) is 23.6 Å². The number of hydrogen-bond acceptors (Lipinski definition) is 4. The predicted octanol–water partition coefficient (Wildman–Crippen LogP) is 5.20. The van der Waals surface area contributed by atoms with Gasteiger partial charge in [-0.15, -0.1) is 0 Å². The van der Waals surface area contributed by atoms with Gasteiger partial charge in [-0.3, -0.25) is 9.59 Å². The van der Waals surface area contributed by atoms with Crippen molar-refractivity contribution in [2.75, 3.05) is 0 Å². The highest BCUT2D eigenvalue weighted by atomic mass is 16.6. The van der Waals surface area contributed by atoms with Crippen molar-refractivity contribution >= 4 is 11.9 Å². The van der Waals surface area contributed by atoms with Crippen LogP contribution in [0.5, 0.6) is 0 Å². The summed E-state index contributed by atoms with van der Waals surface area (Å²) in [5, 5.41) is 0. The van der Waals surface area contributed by atoms with E-state index in [1.807, 2.05) is 0 Å². The normalized spacial score (nSPS) is 47.2. The average Bonchev–Trinajstić information content (AvgIpc) is 2.85. The first-order valence-electron chi connectivity index (χ1n) is 11.2. The minimum absolute atomic E-state index is 0.0565. The molecule has 4 aliphatic rings. The molecule has 28 heavy (non-hydrogen) atoms.